The smallest absolute Gasteiger partial charge is 0.387 e. The van der Waals surface area contributed by atoms with Crippen LogP contribution in [0.3, 0.4) is 0 Å². The second kappa shape index (κ2) is 8.09. The normalized spacial score (nSPS) is 30.6. The number of imide groups is 1. The van der Waals surface area contributed by atoms with Gasteiger partial charge in [-0.05, 0) is 68.6 Å². The van der Waals surface area contributed by atoms with E-state index in [9.17, 15) is 23.2 Å². The van der Waals surface area contributed by atoms with Gasteiger partial charge in [-0.3, -0.25) is 14.5 Å². The standard InChI is InChI=1S/C22H27F2N3O4/c1-12(17-10-13-3-4-14(17)9-13)25-18(28)11-27-19(29)22(2,26-21(27)30)15-5-7-16(8-6-15)31-20(23)24/h5-8,12-14,17,20H,3-4,9-11H2,1-2H3,(H,25,28)(H,26,30). The molecule has 4 rings (SSSR count). The van der Waals surface area contributed by atoms with E-state index in [0.29, 0.717) is 17.4 Å². The number of carbonyl (C=O) groups is 3. The van der Waals surface area contributed by atoms with Crippen molar-refractivity contribution >= 4 is 17.8 Å². The molecule has 168 valence electrons. The van der Waals surface area contributed by atoms with Crippen molar-refractivity contribution in [2.75, 3.05) is 6.54 Å². The summed E-state index contributed by atoms with van der Waals surface area (Å²) >= 11 is 0. The second-order valence-electron chi connectivity index (χ2n) is 9.04. The molecular weight excluding hydrogens is 408 g/mol. The number of carbonyl (C=O) groups excluding carboxylic acids is 3. The third-order valence-electron chi connectivity index (χ3n) is 7.06. The number of hydrogen-bond donors (Lipinski definition) is 2. The lowest BCUT2D eigenvalue weighted by atomic mass is 9.84. The van der Waals surface area contributed by atoms with Gasteiger partial charge in [0.1, 0.15) is 17.8 Å². The Hall–Kier alpha value is -2.71. The lowest BCUT2D eigenvalue weighted by Gasteiger charge is -2.29. The Morgan fingerprint density at radius 1 is 1.26 bits per heavy atom. The quantitative estimate of drug-likeness (QED) is 0.645. The van der Waals surface area contributed by atoms with Crippen molar-refractivity contribution in [3.05, 3.63) is 29.8 Å². The van der Waals surface area contributed by atoms with Gasteiger partial charge in [0.25, 0.3) is 5.91 Å². The van der Waals surface area contributed by atoms with Crippen molar-refractivity contribution in [1.82, 2.24) is 15.5 Å². The molecule has 1 aliphatic heterocycles. The van der Waals surface area contributed by atoms with Crippen molar-refractivity contribution < 1.29 is 27.9 Å². The Kier molecular flexibility index (Phi) is 5.61. The maximum atomic E-state index is 13.0. The molecule has 1 aromatic carbocycles. The van der Waals surface area contributed by atoms with E-state index in [-0.39, 0.29) is 24.2 Å². The molecule has 3 fully saturated rings. The van der Waals surface area contributed by atoms with Gasteiger partial charge in [0.05, 0.1) is 0 Å². The molecule has 5 atom stereocenters. The fourth-order valence-electron chi connectivity index (χ4n) is 5.46. The van der Waals surface area contributed by atoms with Crippen LogP contribution in [0.5, 0.6) is 5.75 Å². The molecule has 3 aliphatic rings. The molecule has 2 aliphatic carbocycles. The van der Waals surface area contributed by atoms with Gasteiger partial charge in [0.2, 0.25) is 5.91 Å². The number of hydrogen-bond acceptors (Lipinski definition) is 4. The summed E-state index contributed by atoms with van der Waals surface area (Å²) in [6.45, 7) is 0.191. The van der Waals surface area contributed by atoms with Crippen LogP contribution in [0.1, 0.15) is 45.1 Å². The van der Waals surface area contributed by atoms with Crippen LogP contribution < -0.4 is 15.4 Å². The predicted molar refractivity (Wildman–Crippen MR) is 107 cm³/mol. The van der Waals surface area contributed by atoms with Crippen molar-refractivity contribution in [1.29, 1.82) is 0 Å². The van der Waals surface area contributed by atoms with E-state index < -0.39 is 24.1 Å². The van der Waals surface area contributed by atoms with E-state index in [1.165, 1.54) is 50.5 Å². The molecular formula is C22H27F2N3O4. The third kappa shape index (κ3) is 4.09. The number of rotatable bonds is 7. The molecule has 1 heterocycles. The number of ether oxygens (including phenoxy) is 1. The SMILES string of the molecule is CC(NC(=O)CN1C(=O)NC(C)(c2ccc(OC(F)F)cc2)C1=O)C1CC2CCC1C2. The minimum Gasteiger partial charge on any atom is -0.435 e. The van der Waals surface area contributed by atoms with Gasteiger partial charge in [-0.2, -0.15) is 8.78 Å². The first kappa shape index (κ1) is 21.5. The summed E-state index contributed by atoms with van der Waals surface area (Å²) in [6.07, 6.45) is 4.84. The van der Waals surface area contributed by atoms with Crippen LogP contribution in [0, 0.1) is 17.8 Å². The highest BCUT2D eigenvalue weighted by atomic mass is 19.3. The Balaban J connectivity index is 1.39. The van der Waals surface area contributed by atoms with Gasteiger partial charge in [-0.15, -0.1) is 0 Å². The second-order valence-corrected chi connectivity index (χ2v) is 9.04. The van der Waals surface area contributed by atoms with Crippen LogP contribution in [0.2, 0.25) is 0 Å². The lowest BCUT2D eigenvalue weighted by Crippen LogP contribution is -2.47. The van der Waals surface area contributed by atoms with Crippen molar-refractivity contribution in [3.63, 3.8) is 0 Å². The predicted octanol–water partition coefficient (Wildman–Crippen LogP) is 3.00. The van der Waals surface area contributed by atoms with Crippen molar-refractivity contribution in [3.8, 4) is 5.75 Å². The van der Waals surface area contributed by atoms with E-state index in [2.05, 4.69) is 15.4 Å². The molecule has 2 bridgehead atoms. The topological polar surface area (TPSA) is 87.7 Å². The van der Waals surface area contributed by atoms with Crippen LogP contribution >= 0.6 is 0 Å². The zero-order chi connectivity index (χ0) is 22.3. The summed E-state index contributed by atoms with van der Waals surface area (Å²) in [6, 6.07) is 4.82. The van der Waals surface area contributed by atoms with E-state index in [4.69, 9.17) is 0 Å². The molecule has 0 spiro atoms. The van der Waals surface area contributed by atoms with Gasteiger partial charge in [0, 0.05) is 6.04 Å². The largest absolute Gasteiger partial charge is 0.435 e. The van der Waals surface area contributed by atoms with Crippen LogP contribution in [0.4, 0.5) is 13.6 Å². The highest BCUT2D eigenvalue weighted by Crippen LogP contribution is 2.49. The Morgan fingerprint density at radius 2 is 1.97 bits per heavy atom. The summed E-state index contributed by atoms with van der Waals surface area (Å²) < 4.78 is 29.0. The fourth-order valence-corrected chi connectivity index (χ4v) is 5.46. The maximum Gasteiger partial charge on any atom is 0.387 e. The summed E-state index contributed by atoms with van der Waals surface area (Å²) in [5.41, 5.74) is -0.984. The molecule has 5 unspecified atom stereocenters. The molecule has 4 amide bonds. The number of benzene rings is 1. The fraction of sp³-hybridized carbons (Fsp3) is 0.591. The molecule has 31 heavy (non-hydrogen) atoms. The molecule has 7 nitrogen and oxygen atoms in total. The van der Waals surface area contributed by atoms with Crippen LogP contribution in [0.25, 0.3) is 0 Å². The van der Waals surface area contributed by atoms with Gasteiger partial charge in [-0.1, -0.05) is 18.6 Å². The van der Waals surface area contributed by atoms with Gasteiger partial charge in [-0.25, -0.2) is 4.79 Å². The Labute approximate surface area is 179 Å². The molecule has 0 radical (unpaired) electrons. The number of amides is 4. The highest BCUT2D eigenvalue weighted by Gasteiger charge is 2.50. The first-order valence-electron chi connectivity index (χ1n) is 10.7. The summed E-state index contributed by atoms with van der Waals surface area (Å²) in [5.74, 6) is 0.872. The summed E-state index contributed by atoms with van der Waals surface area (Å²) in [4.78, 5) is 38.9. The van der Waals surface area contributed by atoms with E-state index in [1.807, 2.05) is 6.92 Å². The molecule has 0 aromatic heterocycles. The van der Waals surface area contributed by atoms with Crippen LogP contribution in [0.15, 0.2) is 24.3 Å². The number of fused-ring (bicyclic) bond motifs is 2. The molecule has 2 N–H and O–H groups in total. The van der Waals surface area contributed by atoms with Crippen molar-refractivity contribution in [2.45, 2.75) is 57.7 Å². The minimum absolute atomic E-state index is 0.00247. The zero-order valence-electron chi connectivity index (χ0n) is 17.6. The Morgan fingerprint density at radius 3 is 2.55 bits per heavy atom. The van der Waals surface area contributed by atoms with E-state index in [0.717, 1.165) is 17.2 Å². The first-order valence-corrected chi connectivity index (χ1v) is 10.7. The average Bonchev–Trinajstić information content (AvgIpc) is 3.39. The number of nitrogens with zero attached hydrogens (tertiary/aromatic N) is 1. The molecule has 1 saturated heterocycles. The zero-order valence-corrected chi connectivity index (χ0v) is 17.6. The number of alkyl halides is 2. The van der Waals surface area contributed by atoms with Crippen LogP contribution in [-0.2, 0) is 15.1 Å². The average molecular weight is 435 g/mol. The molecule has 2 saturated carbocycles. The van der Waals surface area contributed by atoms with E-state index >= 15 is 0 Å². The van der Waals surface area contributed by atoms with Crippen molar-refractivity contribution in [2.24, 2.45) is 17.8 Å². The molecule has 1 aromatic rings. The third-order valence-corrected chi connectivity index (χ3v) is 7.06. The first-order chi connectivity index (χ1) is 14.7. The monoisotopic (exact) mass is 435 g/mol. The lowest BCUT2D eigenvalue weighted by molar-refractivity contribution is -0.135. The Bertz CT molecular complexity index is 878. The number of nitrogens with one attached hydrogen (secondary N) is 2. The minimum atomic E-state index is -2.95. The van der Waals surface area contributed by atoms with E-state index in [1.54, 1.807) is 0 Å². The summed E-state index contributed by atoms with van der Waals surface area (Å²) in [7, 11) is 0. The summed E-state index contributed by atoms with van der Waals surface area (Å²) in [5, 5.41) is 5.58. The number of urea groups is 1. The van der Waals surface area contributed by atoms with Crippen LogP contribution in [-0.4, -0.2) is 41.9 Å². The van der Waals surface area contributed by atoms with Gasteiger partial charge in [0.15, 0.2) is 0 Å². The molecule has 9 heteroatoms. The van der Waals surface area contributed by atoms with Gasteiger partial charge < -0.3 is 15.4 Å². The highest BCUT2D eigenvalue weighted by molar-refractivity contribution is 6.09. The number of halogens is 2. The maximum absolute atomic E-state index is 13.0. The van der Waals surface area contributed by atoms with Gasteiger partial charge >= 0.3 is 12.6 Å².